The van der Waals surface area contributed by atoms with Crippen LogP contribution >= 0.6 is 0 Å². The van der Waals surface area contributed by atoms with Crippen LogP contribution in [0.4, 0.5) is 4.79 Å². The van der Waals surface area contributed by atoms with Gasteiger partial charge < -0.3 is 15.7 Å². The molecule has 0 aromatic heterocycles. The number of hydrogen-bond donors (Lipinski definition) is 3. The van der Waals surface area contributed by atoms with Gasteiger partial charge in [0.1, 0.15) is 0 Å². The van der Waals surface area contributed by atoms with Gasteiger partial charge in [0.15, 0.2) is 0 Å². The molecule has 19 heavy (non-hydrogen) atoms. The Kier molecular flexibility index (Phi) is 6.43. The zero-order chi connectivity index (χ0) is 14.1. The Labute approximate surface area is 113 Å². The van der Waals surface area contributed by atoms with Crippen LogP contribution in [-0.4, -0.2) is 30.2 Å². The summed E-state index contributed by atoms with van der Waals surface area (Å²) in [5, 5.41) is 13.6. The van der Waals surface area contributed by atoms with Gasteiger partial charge in [-0.1, -0.05) is 25.5 Å². The molecule has 1 aromatic rings. The van der Waals surface area contributed by atoms with Gasteiger partial charge >= 0.3 is 6.09 Å². The fourth-order valence-corrected chi connectivity index (χ4v) is 1.62. The fraction of sp³-hybridized carbons (Fsp3) is 0.429. The molecule has 0 heterocycles. The Morgan fingerprint density at radius 3 is 2.37 bits per heavy atom. The molecular formula is C14H20N2O3. The van der Waals surface area contributed by atoms with Crippen molar-refractivity contribution in [3.8, 4) is 0 Å². The third-order valence-corrected chi connectivity index (χ3v) is 2.72. The summed E-state index contributed by atoms with van der Waals surface area (Å²) in [7, 11) is 0. The van der Waals surface area contributed by atoms with E-state index in [1.807, 2.05) is 12.1 Å². The molecule has 0 aliphatic rings. The van der Waals surface area contributed by atoms with E-state index in [1.165, 1.54) is 0 Å². The third-order valence-electron chi connectivity index (χ3n) is 2.72. The number of carbonyl (C=O) groups excluding carboxylic acids is 1. The van der Waals surface area contributed by atoms with Gasteiger partial charge in [0.05, 0.1) is 0 Å². The molecule has 0 fully saturated rings. The van der Waals surface area contributed by atoms with Gasteiger partial charge in [0.2, 0.25) is 0 Å². The predicted octanol–water partition coefficient (Wildman–Crippen LogP) is 2.03. The molecule has 0 unspecified atom stereocenters. The first-order valence-electron chi connectivity index (χ1n) is 6.47. The molecule has 2 amide bonds. The molecule has 5 nitrogen and oxygen atoms in total. The molecule has 0 bridgehead atoms. The van der Waals surface area contributed by atoms with Gasteiger partial charge in [-0.2, -0.15) is 0 Å². The molecule has 0 saturated carbocycles. The van der Waals surface area contributed by atoms with Crippen molar-refractivity contribution in [1.82, 2.24) is 10.6 Å². The van der Waals surface area contributed by atoms with E-state index >= 15 is 0 Å². The highest BCUT2D eigenvalue weighted by Crippen LogP contribution is 2.05. The molecule has 1 rings (SSSR count). The molecule has 0 aliphatic carbocycles. The first-order chi connectivity index (χ1) is 9.13. The number of carbonyl (C=O) groups is 2. The second-order valence-electron chi connectivity index (χ2n) is 4.29. The minimum Gasteiger partial charge on any atom is -0.465 e. The van der Waals surface area contributed by atoms with Crippen molar-refractivity contribution in [3.05, 3.63) is 35.4 Å². The molecule has 0 saturated heterocycles. The molecular weight excluding hydrogens is 244 g/mol. The normalized spacial score (nSPS) is 9.95. The molecule has 3 N–H and O–H groups in total. The Balaban J connectivity index is 2.42. The van der Waals surface area contributed by atoms with E-state index in [2.05, 4.69) is 17.6 Å². The Morgan fingerprint density at radius 1 is 1.11 bits per heavy atom. The predicted molar refractivity (Wildman–Crippen MR) is 73.4 cm³/mol. The van der Waals surface area contributed by atoms with Crippen molar-refractivity contribution in [3.63, 3.8) is 0 Å². The van der Waals surface area contributed by atoms with E-state index < -0.39 is 6.09 Å². The van der Waals surface area contributed by atoms with Crippen LogP contribution in [0.1, 0.15) is 35.7 Å². The molecule has 0 atom stereocenters. The first-order valence-corrected chi connectivity index (χ1v) is 6.47. The van der Waals surface area contributed by atoms with Crippen LogP contribution in [0, 0.1) is 0 Å². The largest absolute Gasteiger partial charge is 0.465 e. The van der Waals surface area contributed by atoms with E-state index in [1.54, 1.807) is 12.1 Å². The van der Waals surface area contributed by atoms with Crippen LogP contribution < -0.4 is 10.6 Å². The average Bonchev–Trinajstić information content (AvgIpc) is 2.39. The number of carboxylic acid groups (broad SMARTS) is 1. The van der Waals surface area contributed by atoms with Crippen molar-refractivity contribution >= 4 is 12.0 Å². The lowest BCUT2D eigenvalue weighted by Crippen LogP contribution is -2.24. The van der Waals surface area contributed by atoms with Crippen LogP contribution in [0.25, 0.3) is 0 Å². The summed E-state index contributed by atoms with van der Waals surface area (Å²) in [4.78, 5) is 22.0. The number of nitrogens with one attached hydrogen (secondary N) is 2. The lowest BCUT2D eigenvalue weighted by atomic mass is 10.1. The van der Waals surface area contributed by atoms with Crippen LogP contribution in [0.5, 0.6) is 0 Å². The van der Waals surface area contributed by atoms with Crippen molar-refractivity contribution in [2.75, 3.05) is 13.1 Å². The van der Waals surface area contributed by atoms with Crippen LogP contribution in [0.3, 0.4) is 0 Å². The SMILES string of the molecule is CCCCNC(=O)c1ccc(CCNC(=O)O)cc1. The van der Waals surface area contributed by atoms with E-state index in [0.29, 0.717) is 25.1 Å². The van der Waals surface area contributed by atoms with E-state index in [9.17, 15) is 9.59 Å². The van der Waals surface area contributed by atoms with Crippen molar-refractivity contribution < 1.29 is 14.7 Å². The Hall–Kier alpha value is -2.04. The minimum absolute atomic E-state index is 0.0661. The van der Waals surface area contributed by atoms with Crippen molar-refractivity contribution in [1.29, 1.82) is 0 Å². The minimum atomic E-state index is -1.02. The molecule has 1 aromatic carbocycles. The van der Waals surface area contributed by atoms with Gasteiger partial charge in [-0.25, -0.2) is 4.79 Å². The second kappa shape index (κ2) is 8.13. The van der Waals surface area contributed by atoms with Gasteiger partial charge in [0.25, 0.3) is 5.91 Å². The summed E-state index contributed by atoms with van der Waals surface area (Å²) >= 11 is 0. The van der Waals surface area contributed by atoms with Gasteiger partial charge in [-0.15, -0.1) is 0 Å². The number of hydrogen-bond acceptors (Lipinski definition) is 2. The summed E-state index contributed by atoms with van der Waals surface area (Å²) < 4.78 is 0. The Morgan fingerprint density at radius 2 is 1.79 bits per heavy atom. The third kappa shape index (κ3) is 5.90. The monoisotopic (exact) mass is 264 g/mol. The van der Waals surface area contributed by atoms with E-state index in [-0.39, 0.29) is 5.91 Å². The second-order valence-corrected chi connectivity index (χ2v) is 4.29. The lowest BCUT2D eigenvalue weighted by molar-refractivity contribution is 0.0953. The van der Waals surface area contributed by atoms with Crippen LogP contribution in [0.2, 0.25) is 0 Å². The average molecular weight is 264 g/mol. The van der Waals surface area contributed by atoms with Gasteiger partial charge in [-0.3, -0.25) is 4.79 Å². The summed E-state index contributed by atoms with van der Waals surface area (Å²) in [6, 6.07) is 7.21. The van der Waals surface area contributed by atoms with Gasteiger partial charge in [0, 0.05) is 18.7 Å². The zero-order valence-electron chi connectivity index (χ0n) is 11.1. The van der Waals surface area contributed by atoms with Crippen LogP contribution in [-0.2, 0) is 6.42 Å². The molecule has 104 valence electrons. The first kappa shape index (κ1) is 15.0. The summed E-state index contributed by atoms with van der Waals surface area (Å²) in [5.41, 5.74) is 1.63. The smallest absolute Gasteiger partial charge is 0.404 e. The molecule has 5 heteroatoms. The summed E-state index contributed by atoms with van der Waals surface area (Å²) in [6.07, 6.45) is 1.62. The standard InChI is InChI=1S/C14H20N2O3/c1-2-3-9-15-13(17)12-6-4-11(5-7-12)8-10-16-14(18)19/h4-7,16H,2-3,8-10H2,1H3,(H,15,17)(H,18,19). The maximum atomic E-state index is 11.7. The fourth-order valence-electron chi connectivity index (χ4n) is 1.62. The van der Waals surface area contributed by atoms with Crippen molar-refractivity contribution in [2.45, 2.75) is 26.2 Å². The highest BCUT2D eigenvalue weighted by molar-refractivity contribution is 5.94. The molecule has 0 spiro atoms. The van der Waals surface area contributed by atoms with Gasteiger partial charge in [-0.05, 0) is 30.5 Å². The highest BCUT2D eigenvalue weighted by Gasteiger charge is 2.04. The maximum Gasteiger partial charge on any atom is 0.404 e. The van der Waals surface area contributed by atoms with E-state index in [0.717, 1.165) is 18.4 Å². The summed E-state index contributed by atoms with van der Waals surface area (Å²) in [5.74, 6) is -0.0661. The molecule has 0 aliphatic heterocycles. The molecule has 0 radical (unpaired) electrons. The highest BCUT2D eigenvalue weighted by atomic mass is 16.4. The Bertz CT molecular complexity index is 415. The van der Waals surface area contributed by atoms with Crippen molar-refractivity contribution in [2.24, 2.45) is 0 Å². The zero-order valence-corrected chi connectivity index (χ0v) is 11.1. The number of rotatable bonds is 7. The number of benzene rings is 1. The lowest BCUT2D eigenvalue weighted by Gasteiger charge is -2.06. The van der Waals surface area contributed by atoms with E-state index in [4.69, 9.17) is 5.11 Å². The number of unbranched alkanes of at least 4 members (excludes halogenated alkanes) is 1. The maximum absolute atomic E-state index is 11.7. The topological polar surface area (TPSA) is 78.4 Å². The summed E-state index contributed by atoms with van der Waals surface area (Å²) in [6.45, 7) is 3.14. The quantitative estimate of drug-likeness (QED) is 0.659. The van der Waals surface area contributed by atoms with Crippen LogP contribution in [0.15, 0.2) is 24.3 Å². The number of amides is 2.